The summed E-state index contributed by atoms with van der Waals surface area (Å²) in [5, 5.41) is 11.5. The molecule has 0 bridgehead atoms. The Morgan fingerprint density at radius 1 is 1.16 bits per heavy atom. The molecule has 0 N–H and O–H groups in total. The topological polar surface area (TPSA) is 103 Å². The zero-order valence-corrected chi connectivity index (χ0v) is 18.1. The Bertz CT molecular complexity index is 1130. The van der Waals surface area contributed by atoms with E-state index in [1.807, 2.05) is 30.3 Å². The molecular weight excluding hydrogens is 418 g/mol. The third-order valence-electron chi connectivity index (χ3n) is 4.57. The minimum Gasteiger partial charge on any atom is -0.462 e. The van der Waals surface area contributed by atoms with Crippen LogP contribution in [-0.2, 0) is 11.3 Å². The molecule has 0 radical (unpaired) electrons. The minimum atomic E-state index is -0.538. The van der Waals surface area contributed by atoms with Gasteiger partial charge in [-0.1, -0.05) is 47.7 Å². The van der Waals surface area contributed by atoms with E-state index >= 15 is 0 Å². The number of carbonyl (C=O) groups is 2. The Morgan fingerprint density at radius 2 is 1.87 bits per heavy atom. The molecule has 160 valence electrons. The third kappa shape index (κ3) is 4.95. The van der Waals surface area contributed by atoms with Gasteiger partial charge in [0.1, 0.15) is 4.88 Å². The molecule has 0 aliphatic heterocycles. The number of anilines is 1. The Balaban J connectivity index is 2.07. The summed E-state index contributed by atoms with van der Waals surface area (Å²) in [5.74, 6) is -0.934. The van der Waals surface area contributed by atoms with Crippen LogP contribution in [-0.4, -0.2) is 28.4 Å². The standard InChI is InChI=1S/C22H21N3O5S/c1-4-30-21(27)19-15(3)23-22(31-19)24(13-16-8-6-5-7-9-16)20(26)18-12-17(25(28)29)11-10-14(18)2/h5-12H,4,13H2,1-3H3. The van der Waals surface area contributed by atoms with Crippen LogP contribution in [0, 0.1) is 24.0 Å². The van der Waals surface area contributed by atoms with Crippen molar-refractivity contribution < 1.29 is 19.2 Å². The fourth-order valence-electron chi connectivity index (χ4n) is 2.98. The van der Waals surface area contributed by atoms with Gasteiger partial charge in [-0.15, -0.1) is 0 Å². The highest BCUT2D eigenvalue weighted by Crippen LogP contribution is 2.30. The number of esters is 1. The van der Waals surface area contributed by atoms with E-state index in [-0.39, 0.29) is 24.4 Å². The van der Waals surface area contributed by atoms with E-state index in [1.165, 1.54) is 17.0 Å². The summed E-state index contributed by atoms with van der Waals surface area (Å²) in [6.07, 6.45) is 0. The molecule has 0 saturated heterocycles. The van der Waals surface area contributed by atoms with Gasteiger partial charge in [0.25, 0.3) is 11.6 Å². The molecule has 0 spiro atoms. The Labute approximate surface area is 183 Å². The third-order valence-corrected chi connectivity index (χ3v) is 5.73. The molecule has 3 aromatic rings. The number of benzene rings is 2. The van der Waals surface area contributed by atoms with Crippen LogP contribution in [0.3, 0.4) is 0 Å². The molecule has 31 heavy (non-hydrogen) atoms. The van der Waals surface area contributed by atoms with Gasteiger partial charge in [0.2, 0.25) is 0 Å². The molecular formula is C22H21N3O5S. The second kappa shape index (κ2) is 9.48. The highest BCUT2D eigenvalue weighted by Gasteiger charge is 2.27. The first kappa shape index (κ1) is 22.1. The van der Waals surface area contributed by atoms with Crippen molar-refractivity contribution in [1.82, 2.24) is 4.98 Å². The molecule has 8 nitrogen and oxygen atoms in total. The number of hydrogen-bond acceptors (Lipinski definition) is 7. The lowest BCUT2D eigenvalue weighted by atomic mass is 10.1. The number of nitrogens with zero attached hydrogens (tertiary/aromatic N) is 3. The van der Waals surface area contributed by atoms with E-state index in [0.29, 0.717) is 21.3 Å². The maximum atomic E-state index is 13.5. The summed E-state index contributed by atoms with van der Waals surface area (Å²) >= 11 is 1.06. The van der Waals surface area contributed by atoms with Gasteiger partial charge in [-0.05, 0) is 31.9 Å². The first-order valence-electron chi connectivity index (χ1n) is 9.57. The first-order chi connectivity index (χ1) is 14.8. The van der Waals surface area contributed by atoms with Crippen molar-refractivity contribution in [3.8, 4) is 0 Å². The van der Waals surface area contributed by atoms with Gasteiger partial charge in [-0.3, -0.25) is 19.8 Å². The number of thiazole rings is 1. The fourth-order valence-corrected chi connectivity index (χ4v) is 3.93. The van der Waals surface area contributed by atoms with E-state index in [0.717, 1.165) is 16.9 Å². The number of ether oxygens (including phenoxy) is 1. The van der Waals surface area contributed by atoms with E-state index in [2.05, 4.69) is 4.98 Å². The van der Waals surface area contributed by atoms with E-state index < -0.39 is 16.8 Å². The van der Waals surface area contributed by atoms with Crippen molar-refractivity contribution in [3.05, 3.63) is 85.9 Å². The number of aromatic nitrogens is 1. The zero-order valence-electron chi connectivity index (χ0n) is 17.3. The molecule has 0 aliphatic rings. The van der Waals surface area contributed by atoms with Crippen molar-refractivity contribution in [2.45, 2.75) is 27.3 Å². The van der Waals surface area contributed by atoms with Crippen LogP contribution in [0.5, 0.6) is 0 Å². The molecule has 0 saturated carbocycles. The molecule has 0 fully saturated rings. The Hall–Kier alpha value is -3.59. The number of hydrogen-bond donors (Lipinski definition) is 0. The van der Waals surface area contributed by atoms with Gasteiger partial charge in [0.15, 0.2) is 5.13 Å². The second-order valence-corrected chi connectivity index (χ2v) is 7.74. The smallest absolute Gasteiger partial charge is 0.350 e. The van der Waals surface area contributed by atoms with Crippen LogP contribution in [0.1, 0.15) is 43.8 Å². The van der Waals surface area contributed by atoms with Crippen LogP contribution in [0.2, 0.25) is 0 Å². The van der Waals surface area contributed by atoms with Crippen LogP contribution < -0.4 is 4.90 Å². The van der Waals surface area contributed by atoms with E-state index in [1.54, 1.807) is 26.8 Å². The molecule has 0 atom stereocenters. The van der Waals surface area contributed by atoms with Crippen molar-refractivity contribution in [3.63, 3.8) is 0 Å². The van der Waals surface area contributed by atoms with Gasteiger partial charge in [0.05, 0.1) is 23.8 Å². The normalized spacial score (nSPS) is 10.5. The number of aryl methyl sites for hydroxylation is 2. The summed E-state index contributed by atoms with van der Waals surface area (Å²) in [6.45, 7) is 5.53. The number of amides is 1. The highest BCUT2D eigenvalue weighted by molar-refractivity contribution is 7.17. The first-order valence-corrected chi connectivity index (χ1v) is 10.4. The number of rotatable bonds is 7. The van der Waals surface area contributed by atoms with Gasteiger partial charge in [0, 0.05) is 17.7 Å². The lowest BCUT2D eigenvalue weighted by Crippen LogP contribution is -2.31. The molecule has 0 unspecified atom stereocenters. The largest absolute Gasteiger partial charge is 0.462 e. The fraction of sp³-hybridized carbons (Fsp3) is 0.227. The van der Waals surface area contributed by atoms with Crippen molar-refractivity contribution in [2.24, 2.45) is 0 Å². The van der Waals surface area contributed by atoms with Crippen LogP contribution in [0.4, 0.5) is 10.8 Å². The molecule has 1 aromatic heterocycles. The summed E-state index contributed by atoms with van der Waals surface area (Å²) < 4.78 is 5.08. The number of nitro groups is 1. The summed E-state index contributed by atoms with van der Waals surface area (Å²) in [5.41, 5.74) is 1.95. The predicted molar refractivity (Wildman–Crippen MR) is 118 cm³/mol. The molecule has 2 aromatic carbocycles. The molecule has 1 amide bonds. The maximum Gasteiger partial charge on any atom is 0.350 e. The maximum absolute atomic E-state index is 13.5. The monoisotopic (exact) mass is 439 g/mol. The van der Waals surface area contributed by atoms with Gasteiger partial charge < -0.3 is 4.74 Å². The molecule has 1 heterocycles. The van der Waals surface area contributed by atoms with Crippen molar-refractivity contribution in [1.29, 1.82) is 0 Å². The SMILES string of the molecule is CCOC(=O)c1sc(N(Cc2ccccc2)C(=O)c2cc([N+](=O)[O-])ccc2C)nc1C. The van der Waals surface area contributed by atoms with Crippen LogP contribution in [0.15, 0.2) is 48.5 Å². The van der Waals surface area contributed by atoms with Crippen LogP contribution >= 0.6 is 11.3 Å². The summed E-state index contributed by atoms with van der Waals surface area (Å²) in [6, 6.07) is 13.5. The van der Waals surface area contributed by atoms with Crippen molar-refractivity contribution >= 4 is 34.0 Å². The van der Waals surface area contributed by atoms with Gasteiger partial charge >= 0.3 is 5.97 Å². The summed E-state index contributed by atoms with van der Waals surface area (Å²) in [7, 11) is 0. The molecule has 0 aliphatic carbocycles. The predicted octanol–water partition coefficient (Wildman–Crippen LogP) is 4.69. The van der Waals surface area contributed by atoms with E-state index in [4.69, 9.17) is 4.74 Å². The average molecular weight is 439 g/mol. The number of non-ortho nitro benzene ring substituents is 1. The quantitative estimate of drug-likeness (QED) is 0.301. The number of carbonyl (C=O) groups excluding carboxylic acids is 2. The van der Waals surface area contributed by atoms with Crippen molar-refractivity contribution in [2.75, 3.05) is 11.5 Å². The minimum absolute atomic E-state index is 0.170. The van der Waals surface area contributed by atoms with Gasteiger partial charge in [-0.2, -0.15) is 0 Å². The van der Waals surface area contributed by atoms with Crippen LogP contribution in [0.25, 0.3) is 0 Å². The summed E-state index contributed by atoms with van der Waals surface area (Å²) in [4.78, 5) is 42.6. The van der Waals surface area contributed by atoms with E-state index in [9.17, 15) is 19.7 Å². The zero-order chi connectivity index (χ0) is 22.5. The second-order valence-electron chi connectivity index (χ2n) is 6.76. The number of nitro benzene ring substituents is 1. The lowest BCUT2D eigenvalue weighted by molar-refractivity contribution is -0.384. The molecule has 9 heteroatoms. The Kier molecular flexibility index (Phi) is 6.76. The lowest BCUT2D eigenvalue weighted by Gasteiger charge is -2.21. The van der Waals surface area contributed by atoms with Gasteiger partial charge in [-0.25, -0.2) is 9.78 Å². The Morgan fingerprint density at radius 3 is 2.52 bits per heavy atom. The highest BCUT2D eigenvalue weighted by atomic mass is 32.1. The average Bonchev–Trinajstić information content (AvgIpc) is 3.14. The molecule has 3 rings (SSSR count).